The Hall–Kier alpha value is -18.1. The molecule has 11 aromatic rings. The van der Waals surface area contributed by atoms with Gasteiger partial charge in [0, 0.05) is 102 Å². The number of aromatic nitrogens is 4. The largest absolute Gasteiger partial charge is 0.460 e. The van der Waals surface area contributed by atoms with Gasteiger partial charge in [-0.1, -0.05) is 192 Å². The van der Waals surface area contributed by atoms with Gasteiger partial charge in [0.15, 0.2) is 0 Å². The average molecular weight is 1780 g/mol. The standard InChI is InChI=1S/C116H94N16O4/c1-15-131(93-41-37-77(38-42-93)105(87(67-121)68-122)95(71-125)85(63-117)64-118)53-55-135-111(133)81-33-25-75(26-34-81)19-17-73-21-29-79(30-22-73)107-97-45-49-101(127-97)109(83-57-89(113(3,4)5)61-90(58-83)114(6,7)8)103-51-47-99(129-103)108(100-48-52-104(130-100)110(102-50-46-98(107)128-102)84-59-91(115(9,10)11)62-92(60-84)116(12,13)14)80-31-23-74(24-32-80)18-20-76-27-35-82(36-28-76)112(134)136-56-54-132(16-2)94-43-39-78(40-44-94)106(88(69-123)70-124)96(72-126)86(65-119)66-120/h21-52,57-62,127,130H,15-16,53-56H2,1-14H3. The Balaban J connectivity index is 0.831. The number of carbonyl (C=O) groups excluding carboxylic acids is 2. The van der Waals surface area contributed by atoms with E-state index in [4.69, 9.17) is 19.4 Å². The van der Waals surface area contributed by atoms with Crippen LogP contribution in [0.2, 0.25) is 0 Å². The minimum absolute atomic E-state index is 0.0390. The van der Waals surface area contributed by atoms with E-state index in [2.05, 4.69) is 226 Å². The van der Waals surface area contributed by atoms with Crippen LogP contribution in [0.1, 0.15) is 196 Å². The fraction of sp³-hybridized carbons (Fsp3) is 0.207. The molecule has 0 radical (unpaired) electrons. The predicted octanol–water partition coefficient (Wildman–Crippen LogP) is 24.0. The first-order chi connectivity index (χ1) is 65.2. The lowest BCUT2D eigenvalue weighted by molar-refractivity contribution is 0.0506. The second kappa shape index (κ2) is 40.9. The molecule has 5 heterocycles. The maximum absolute atomic E-state index is 13.5. The summed E-state index contributed by atoms with van der Waals surface area (Å²) < 4.78 is 11.5. The van der Waals surface area contributed by atoms with Gasteiger partial charge in [0.05, 0.1) is 58.1 Å². The Labute approximate surface area is 793 Å². The van der Waals surface area contributed by atoms with Gasteiger partial charge >= 0.3 is 11.9 Å². The van der Waals surface area contributed by atoms with Gasteiger partial charge in [-0.2, -0.15) is 52.6 Å². The van der Waals surface area contributed by atoms with Crippen LogP contribution in [-0.4, -0.2) is 71.3 Å². The lowest BCUT2D eigenvalue weighted by atomic mass is 9.78. The molecule has 136 heavy (non-hydrogen) atoms. The summed E-state index contributed by atoms with van der Waals surface area (Å²) in [6.45, 7) is 32.5. The minimum atomic E-state index is -0.524. The van der Waals surface area contributed by atoms with Crippen molar-refractivity contribution in [3.8, 4) is 129 Å². The molecule has 662 valence electrons. The third-order valence-electron chi connectivity index (χ3n) is 23.6. The topological polar surface area (TPSA) is 354 Å². The number of fused-ring (bicyclic) bond motifs is 8. The minimum Gasteiger partial charge on any atom is -0.460 e. The third-order valence-corrected chi connectivity index (χ3v) is 23.6. The number of likely N-dealkylation sites (N-methyl/N-ethyl adjacent to an activating group) is 2. The van der Waals surface area contributed by atoms with E-state index in [1.807, 2.05) is 60.1 Å². The normalized spacial score (nSPS) is 11.1. The molecule has 2 aliphatic heterocycles. The highest BCUT2D eigenvalue weighted by Gasteiger charge is 2.29. The molecule has 13 rings (SSSR count). The molecular weight excluding hydrogens is 1680 g/mol. The molecule has 2 aliphatic rings. The van der Waals surface area contributed by atoms with Crippen molar-refractivity contribution in [3.63, 3.8) is 0 Å². The van der Waals surface area contributed by atoms with Crippen molar-refractivity contribution in [1.82, 2.24) is 19.9 Å². The lowest BCUT2D eigenvalue weighted by Crippen LogP contribution is -2.28. The molecule has 20 nitrogen and oxygen atoms in total. The zero-order valence-electron chi connectivity index (χ0n) is 78.1. The first kappa shape index (κ1) is 95.5. The smallest absolute Gasteiger partial charge is 0.338 e. The number of aromatic amines is 2. The molecule has 0 atom stereocenters. The van der Waals surface area contributed by atoms with Crippen molar-refractivity contribution in [1.29, 1.82) is 52.6 Å². The number of anilines is 2. The van der Waals surface area contributed by atoms with Crippen LogP contribution in [0.25, 0.3) is 102 Å². The fourth-order valence-corrected chi connectivity index (χ4v) is 15.9. The van der Waals surface area contributed by atoms with Crippen LogP contribution in [0.15, 0.2) is 240 Å². The Morgan fingerprint density at radius 2 is 0.559 bits per heavy atom. The summed E-state index contributed by atoms with van der Waals surface area (Å²) >= 11 is 0. The highest BCUT2D eigenvalue weighted by atomic mass is 16.5. The number of nitriles is 10. The van der Waals surface area contributed by atoms with E-state index < -0.39 is 34.2 Å². The Morgan fingerprint density at radius 1 is 0.309 bits per heavy atom. The van der Waals surface area contributed by atoms with E-state index in [0.717, 1.165) is 112 Å². The molecule has 0 saturated heterocycles. The SMILES string of the molecule is CCN(CCOC(=O)c1ccc(C#Cc2ccc(-c3c4nc(c(-c5cc(C(C)(C)C)cc(C(C)(C)C)c5)c5ccc([nH]5)c(-c5ccc(C#Cc6ccc(C(=O)OCCN(CC)c7ccc(C(=C(C#N)C#N)C(C#N)=C(C#N)C#N)cc7)cc6)cc5)c5nc(c(-c6cc(C(C)(C)C)cc(C(C)(C)C)c6)c6ccc3[nH]6)C=C5)C=C4)cc2)cc1)c1ccc(C(=C(C#N)C#N)C(C#N)=C(C#N)C#N)cc1. The van der Waals surface area contributed by atoms with Crippen molar-refractivity contribution in [2.45, 2.75) is 119 Å². The van der Waals surface area contributed by atoms with Crippen molar-refractivity contribution in [2.75, 3.05) is 49.2 Å². The lowest BCUT2D eigenvalue weighted by Gasteiger charge is -2.26. The summed E-state index contributed by atoms with van der Waals surface area (Å²) in [5.74, 6) is 12.3. The van der Waals surface area contributed by atoms with Crippen LogP contribution in [0, 0.1) is 137 Å². The number of hydrogen-bond acceptors (Lipinski definition) is 18. The number of benzene rings is 8. The molecule has 0 unspecified atom stereocenters. The van der Waals surface area contributed by atoms with Crippen molar-refractivity contribution in [3.05, 3.63) is 329 Å². The maximum atomic E-state index is 13.5. The van der Waals surface area contributed by atoms with Gasteiger partial charge in [0.1, 0.15) is 96.2 Å². The monoisotopic (exact) mass is 1770 g/mol. The van der Waals surface area contributed by atoms with Gasteiger partial charge in [0.2, 0.25) is 0 Å². The number of rotatable bonds is 20. The summed E-state index contributed by atoms with van der Waals surface area (Å²) in [4.78, 5) is 50.4. The molecule has 20 heteroatoms. The van der Waals surface area contributed by atoms with Crippen molar-refractivity contribution < 1.29 is 19.1 Å². The molecule has 3 aromatic heterocycles. The predicted molar refractivity (Wildman–Crippen MR) is 533 cm³/mol. The number of carbonyl (C=O) groups is 2. The van der Waals surface area contributed by atoms with Crippen molar-refractivity contribution in [2.24, 2.45) is 0 Å². The molecule has 8 aromatic carbocycles. The maximum Gasteiger partial charge on any atom is 0.338 e. The molecule has 0 aliphatic carbocycles. The van der Waals surface area contributed by atoms with E-state index in [-0.39, 0.29) is 57.2 Å². The van der Waals surface area contributed by atoms with Crippen LogP contribution in [0.5, 0.6) is 0 Å². The summed E-state index contributed by atoms with van der Waals surface area (Å²) in [5.41, 5.74) is 20.1. The van der Waals surface area contributed by atoms with Gasteiger partial charge < -0.3 is 29.2 Å². The summed E-state index contributed by atoms with van der Waals surface area (Å²) in [5, 5.41) is 97.0. The summed E-state index contributed by atoms with van der Waals surface area (Å²) in [7, 11) is 0. The summed E-state index contributed by atoms with van der Waals surface area (Å²) in [6, 6.07) is 83.3. The molecular formula is C116H94N16O4. The molecule has 0 saturated carbocycles. The van der Waals surface area contributed by atoms with E-state index >= 15 is 0 Å². The van der Waals surface area contributed by atoms with Crippen LogP contribution < -0.4 is 9.80 Å². The molecule has 0 spiro atoms. The van der Waals surface area contributed by atoms with Gasteiger partial charge in [-0.15, -0.1) is 0 Å². The van der Waals surface area contributed by atoms with E-state index in [1.165, 1.54) is 22.3 Å². The Kier molecular flexibility index (Phi) is 28.7. The van der Waals surface area contributed by atoms with E-state index in [0.29, 0.717) is 59.6 Å². The van der Waals surface area contributed by atoms with Crippen LogP contribution in [0.4, 0.5) is 11.4 Å². The fourth-order valence-electron chi connectivity index (χ4n) is 15.9. The molecule has 0 fully saturated rings. The van der Waals surface area contributed by atoms with Crippen molar-refractivity contribution >= 4 is 80.8 Å². The number of esters is 2. The Bertz CT molecular complexity index is 7070. The van der Waals surface area contributed by atoms with E-state index in [1.54, 1.807) is 146 Å². The highest BCUT2D eigenvalue weighted by molar-refractivity contribution is 6.02. The van der Waals surface area contributed by atoms with E-state index in [9.17, 15) is 62.2 Å². The second-order valence-corrected chi connectivity index (χ2v) is 36.6. The van der Waals surface area contributed by atoms with Gasteiger partial charge in [-0.3, -0.25) is 0 Å². The Morgan fingerprint density at radius 3 is 0.801 bits per heavy atom. The van der Waals surface area contributed by atoms with Gasteiger partial charge in [0.25, 0.3) is 0 Å². The van der Waals surface area contributed by atoms with Crippen LogP contribution >= 0.6 is 0 Å². The number of nitrogens with one attached hydrogen (secondary N) is 2. The number of allylic oxidation sites excluding steroid dienone is 8. The first-order valence-corrected chi connectivity index (χ1v) is 44.2. The highest BCUT2D eigenvalue weighted by Crippen LogP contribution is 2.44. The summed E-state index contributed by atoms with van der Waals surface area (Å²) in [6.07, 6.45) is 8.45. The number of ether oxygens (including phenoxy) is 2. The number of nitrogens with zero attached hydrogens (tertiary/aromatic N) is 14. The molecule has 0 amide bonds. The van der Waals surface area contributed by atoms with Crippen LogP contribution in [0.3, 0.4) is 0 Å². The zero-order valence-corrected chi connectivity index (χ0v) is 78.1. The van der Waals surface area contributed by atoms with Crippen LogP contribution in [-0.2, 0) is 31.1 Å². The number of hydrogen-bond donors (Lipinski definition) is 2. The molecule has 8 bridgehead atoms. The molecule has 2 N–H and O–H groups in total. The van der Waals surface area contributed by atoms with Gasteiger partial charge in [-0.05, 0) is 237 Å². The first-order valence-electron chi connectivity index (χ1n) is 44.2. The number of H-pyrrole nitrogens is 2. The van der Waals surface area contributed by atoms with Gasteiger partial charge in [-0.25, -0.2) is 19.6 Å². The quantitative estimate of drug-likeness (QED) is 0.0310. The average Bonchev–Trinajstić information content (AvgIpc) is 1.58. The second-order valence-electron chi connectivity index (χ2n) is 36.6. The zero-order chi connectivity index (χ0) is 97.5. The third kappa shape index (κ3) is 21.3.